The lowest BCUT2D eigenvalue weighted by Gasteiger charge is -2.12. The quantitative estimate of drug-likeness (QED) is 0.478. The summed E-state index contributed by atoms with van der Waals surface area (Å²) in [6.07, 6.45) is 8.42. The fourth-order valence-corrected chi connectivity index (χ4v) is 2.20. The minimum atomic E-state index is 0.143. The number of ether oxygens (including phenoxy) is 3. The minimum Gasteiger partial charge on any atom is -0.493 e. The van der Waals surface area contributed by atoms with Crippen molar-refractivity contribution in [1.29, 1.82) is 0 Å². The van der Waals surface area contributed by atoms with E-state index in [1.54, 1.807) is 33.5 Å². The Morgan fingerprint density at radius 1 is 1.00 bits per heavy atom. The second-order valence-corrected chi connectivity index (χ2v) is 5.07. The lowest BCUT2D eigenvalue weighted by Crippen LogP contribution is -1.96. The van der Waals surface area contributed by atoms with Gasteiger partial charge in [0.25, 0.3) is 0 Å². The Balaban J connectivity index is 2.76. The van der Waals surface area contributed by atoms with Crippen LogP contribution in [-0.4, -0.2) is 27.1 Å². The largest absolute Gasteiger partial charge is 0.493 e. The van der Waals surface area contributed by atoms with Crippen molar-refractivity contribution in [3.63, 3.8) is 0 Å². The molecule has 0 spiro atoms. The van der Waals surface area contributed by atoms with Crippen LogP contribution in [0.25, 0.3) is 6.08 Å². The van der Waals surface area contributed by atoms with Gasteiger partial charge in [0, 0.05) is 6.42 Å². The van der Waals surface area contributed by atoms with Crippen LogP contribution >= 0.6 is 0 Å². The van der Waals surface area contributed by atoms with Crippen molar-refractivity contribution in [2.24, 2.45) is 0 Å². The molecule has 22 heavy (non-hydrogen) atoms. The summed E-state index contributed by atoms with van der Waals surface area (Å²) in [5, 5.41) is 0. The average molecular weight is 306 g/mol. The zero-order chi connectivity index (χ0) is 16.4. The molecule has 0 unspecified atom stereocenters. The van der Waals surface area contributed by atoms with Crippen LogP contribution in [0, 0.1) is 0 Å². The number of carbonyl (C=O) groups is 1. The molecule has 0 aromatic heterocycles. The number of methoxy groups -OCH3 is 3. The zero-order valence-corrected chi connectivity index (χ0v) is 14.0. The van der Waals surface area contributed by atoms with Gasteiger partial charge in [-0.2, -0.15) is 0 Å². The smallest absolute Gasteiger partial charge is 0.203 e. The van der Waals surface area contributed by atoms with E-state index in [-0.39, 0.29) is 5.78 Å². The van der Waals surface area contributed by atoms with Crippen LogP contribution < -0.4 is 14.2 Å². The fourth-order valence-electron chi connectivity index (χ4n) is 2.20. The average Bonchev–Trinajstić information content (AvgIpc) is 2.55. The monoisotopic (exact) mass is 306 g/mol. The van der Waals surface area contributed by atoms with Crippen LogP contribution in [0.5, 0.6) is 17.2 Å². The third kappa shape index (κ3) is 5.43. The molecule has 0 heterocycles. The van der Waals surface area contributed by atoms with Gasteiger partial charge in [-0.15, -0.1) is 0 Å². The van der Waals surface area contributed by atoms with E-state index in [0.717, 1.165) is 18.4 Å². The van der Waals surface area contributed by atoms with Crippen molar-refractivity contribution in [3.05, 3.63) is 23.8 Å². The maximum absolute atomic E-state index is 11.8. The Labute approximate surface area is 133 Å². The van der Waals surface area contributed by atoms with Gasteiger partial charge in [-0.25, -0.2) is 0 Å². The van der Waals surface area contributed by atoms with E-state index in [2.05, 4.69) is 6.92 Å². The summed E-state index contributed by atoms with van der Waals surface area (Å²) in [5.74, 6) is 1.85. The van der Waals surface area contributed by atoms with E-state index in [1.807, 2.05) is 12.1 Å². The molecule has 0 aliphatic carbocycles. The number of benzene rings is 1. The first-order valence-electron chi connectivity index (χ1n) is 7.67. The highest BCUT2D eigenvalue weighted by Crippen LogP contribution is 2.38. The molecule has 1 aromatic carbocycles. The second kappa shape index (κ2) is 9.87. The summed E-state index contributed by atoms with van der Waals surface area (Å²) in [5.41, 5.74) is 0.844. The SMILES string of the molecule is CCCCCCC(=O)C=Cc1cc(OC)c(OC)c(OC)c1. The van der Waals surface area contributed by atoms with Crippen molar-refractivity contribution in [1.82, 2.24) is 0 Å². The third-order valence-electron chi connectivity index (χ3n) is 3.43. The van der Waals surface area contributed by atoms with Crippen molar-refractivity contribution in [3.8, 4) is 17.2 Å². The normalized spacial score (nSPS) is 10.7. The lowest BCUT2D eigenvalue weighted by molar-refractivity contribution is -0.114. The number of unbranched alkanes of at least 4 members (excludes halogenated alkanes) is 3. The number of hydrogen-bond acceptors (Lipinski definition) is 4. The van der Waals surface area contributed by atoms with Crippen molar-refractivity contribution in [2.45, 2.75) is 39.0 Å². The Morgan fingerprint density at radius 3 is 2.14 bits per heavy atom. The Morgan fingerprint density at radius 2 is 1.64 bits per heavy atom. The summed E-state index contributed by atoms with van der Waals surface area (Å²) in [6, 6.07) is 3.64. The fraction of sp³-hybridized carbons (Fsp3) is 0.500. The first kappa shape index (κ1) is 18.1. The molecule has 4 heteroatoms. The summed E-state index contributed by atoms with van der Waals surface area (Å²) in [7, 11) is 4.71. The Hall–Kier alpha value is -1.97. The molecule has 0 radical (unpaired) electrons. The molecule has 0 aliphatic heterocycles. The van der Waals surface area contributed by atoms with Gasteiger partial charge in [0.1, 0.15) is 0 Å². The van der Waals surface area contributed by atoms with Gasteiger partial charge in [0.05, 0.1) is 21.3 Å². The van der Waals surface area contributed by atoms with Crippen molar-refractivity contribution in [2.75, 3.05) is 21.3 Å². The molecule has 0 bridgehead atoms. The number of carbonyl (C=O) groups excluding carboxylic acids is 1. The van der Waals surface area contributed by atoms with Gasteiger partial charge in [0.2, 0.25) is 5.75 Å². The predicted octanol–water partition coefficient (Wildman–Crippen LogP) is 4.27. The molecule has 122 valence electrons. The summed E-state index contributed by atoms with van der Waals surface area (Å²) < 4.78 is 15.9. The lowest BCUT2D eigenvalue weighted by atomic mass is 10.1. The van der Waals surface area contributed by atoms with Gasteiger partial charge in [-0.05, 0) is 30.2 Å². The van der Waals surface area contributed by atoms with Gasteiger partial charge in [-0.1, -0.05) is 32.3 Å². The first-order valence-corrected chi connectivity index (χ1v) is 7.67. The first-order chi connectivity index (χ1) is 10.7. The van der Waals surface area contributed by atoms with Gasteiger partial charge in [-0.3, -0.25) is 4.79 Å². The van der Waals surface area contributed by atoms with Gasteiger partial charge < -0.3 is 14.2 Å². The molecule has 1 aromatic rings. The van der Waals surface area contributed by atoms with E-state index in [1.165, 1.54) is 12.8 Å². The van der Waals surface area contributed by atoms with Crippen molar-refractivity contribution < 1.29 is 19.0 Å². The summed E-state index contributed by atoms with van der Waals surface area (Å²) in [4.78, 5) is 11.8. The standard InChI is InChI=1S/C18H26O4/c1-5-6-7-8-9-15(19)11-10-14-12-16(20-2)18(22-4)17(13-14)21-3/h10-13H,5-9H2,1-4H3. The third-order valence-corrected chi connectivity index (χ3v) is 3.43. The van der Waals surface area contributed by atoms with E-state index >= 15 is 0 Å². The maximum Gasteiger partial charge on any atom is 0.203 e. The Bertz CT molecular complexity index is 481. The Kier molecular flexibility index (Phi) is 8.11. The van der Waals surface area contributed by atoms with E-state index in [0.29, 0.717) is 23.7 Å². The molecular weight excluding hydrogens is 280 g/mol. The summed E-state index contributed by atoms with van der Waals surface area (Å²) >= 11 is 0. The van der Waals surface area contributed by atoms with Crippen LogP contribution in [0.3, 0.4) is 0 Å². The van der Waals surface area contributed by atoms with Crippen LogP contribution in [-0.2, 0) is 4.79 Å². The van der Waals surface area contributed by atoms with E-state index in [4.69, 9.17) is 14.2 Å². The molecule has 0 saturated carbocycles. The van der Waals surface area contributed by atoms with Crippen LogP contribution in [0.15, 0.2) is 18.2 Å². The van der Waals surface area contributed by atoms with Crippen LogP contribution in [0.4, 0.5) is 0 Å². The van der Waals surface area contributed by atoms with Crippen LogP contribution in [0.2, 0.25) is 0 Å². The molecule has 0 N–H and O–H groups in total. The minimum absolute atomic E-state index is 0.143. The molecule has 4 nitrogen and oxygen atoms in total. The molecular formula is C18H26O4. The van der Waals surface area contributed by atoms with Gasteiger partial charge >= 0.3 is 0 Å². The van der Waals surface area contributed by atoms with E-state index < -0.39 is 0 Å². The molecule has 0 amide bonds. The maximum atomic E-state index is 11.8. The highest BCUT2D eigenvalue weighted by Gasteiger charge is 2.12. The molecule has 0 saturated heterocycles. The topological polar surface area (TPSA) is 44.8 Å². The number of ketones is 1. The van der Waals surface area contributed by atoms with Gasteiger partial charge in [0.15, 0.2) is 17.3 Å². The molecule has 0 fully saturated rings. The summed E-state index contributed by atoms with van der Waals surface area (Å²) in [6.45, 7) is 2.16. The number of allylic oxidation sites excluding steroid dienone is 1. The highest BCUT2D eigenvalue weighted by molar-refractivity contribution is 5.93. The van der Waals surface area contributed by atoms with Crippen molar-refractivity contribution >= 4 is 11.9 Å². The highest BCUT2D eigenvalue weighted by atomic mass is 16.5. The molecule has 1 rings (SSSR count). The molecule has 0 atom stereocenters. The predicted molar refractivity (Wildman–Crippen MR) is 88.9 cm³/mol. The number of rotatable bonds is 10. The second-order valence-electron chi connectivity index (χ2n) is 5.07. The van der Waals surface area contributed by atoms with Crippen LogP contribution in [0.1, 0.15) is 44.6 Å². The number of hydrogen-bond donors (Lipinski definition) is 0. The van der Waals surface area contributed by atoms with E-state index in [9.17, 15) is 4.79 Å². The molecule has 0 aliphatic rings. The zero-order valence-electron chi connectivity index (χ0n) is 14.0.